The van der Waals surface area contributed by atoms with Crippen LogP contribution in [0.2, 0.25) is 0 Å². The lowest BCUT2D eigenvalue weighted by Gasteiger charge is -1.90. The van der Waals surface area contributed by atoms with Gasteiger partial charge in [0.1, 0.15) is 0 Å². The van der Waals surface area contributed by atoms with Crippen molar-refractivity contribution in [2.24, 2.45) is 11.8 Å². The maximum atomic E-state index is 3.95. The van der Waals surface area contributed by atoms with Crippen molar-refractivity contribution in [3.05, 3.63) is 6.92 Å². The van der Waals surface area contributed by atoms with Gasteiger partial charge in [0, 0.05) is 0 Å². The Labute approximate surface area is 45.9 Å². The van der Waals surface area contributed by atoms with E-state index in [1.807, 2.05) is 0 Å². The van der Waals surface area contributed by atoms with Crippen molar-refractivity contribution in [3.63, 3.8) is 0 Å². The maximum Gasteiger partial charge on any atom is -0.0530 e. The fourth-order valence-electron chi connectivity index (χ4n) is 1.03. The monoisotopic (exact) mass is 97.1 g/mol. The Kier molecular flexibility index (Phi) is 1.36. The molecule has 0 bridgehead atoms. The molecule has 0 heteroatoms. The summed E-state index contributed by atoms with van der Waals surface area (Å²) in [5.41, 5.74) is 0. The summed E-state index contributed by atoms with van der Waals surface area (Å²) in [7, 11) is 0. The molecule has 0 aliphatic heterocycles. The van der Waals surface area contributed by atoms with Gasteiger partial charge in [0.2, 0.25) is 0 Å². The van der Waals surface area contributed by atoms with E-state index in [0.717, 1.165) is 11.8 Å². The summed E-state index contributed by atoms with van der Waals surface area (Å²) in [5, 5.41) is 0. The Morgan fingerprint density at radius 2 is 2.29 bits per heavy atom. The minimum atomic E-state index is 0.819. The maximum absolute atomic E-state index is 3.95. The van der Waals surface area contributed by atoms with E-state index in [1.54, 1.807) is 0 Å². The predicted octanol–water partition coefficient (Wildman–Crippen LogP) is 2.26. The molecule has 0 amide bonds. The Hall–Kier alpha value is 0. The summed E-state index contributed by atoms with van der Waals surface area (Å²) < 4.78 is 0. The van der Waals surface area contributed by atoms with Gasteiger partial charge in [0.15, 0.2) is 0 Å². The van der Waals surface area contributed by atoms with Crippen LogP contribution in [0.5, 0.6) is 0 Å². The first kappa shape index (κ1) is 5.14. The quantitative estimate of drug-likeness (QED) is 0.464. The lowest BCUT2D eigenvalue weighted by Crippen LogP contribution is -1.74. The van der Waals surface area contributed by atoms with E-state index >= 15 is 0 Å². The van der Waals surface area contributed by atoms with Crippen LogP contribution < -0.4 is 0 Å². The van der Waals surface area contributed by atoms with Gasteiger partial charge in [0.05, 0.1) is 0 Å². The minimum absolute atomic E-state index is 0.819. The van der Waals surface area contributed by atoms with Gasteiger partial charge in [-0.25, -0.2) is 0 Å². The molecular weight excluding hydrogens is 84.1 g/mol. The van der Waals surface area contributed by atoms with E-state index in [-0.39, 0.29) is 0 Å². The van der Waals surface area contributed by atoms with E-state index in [9.17, 15) is 0 Å². The zero-order valence-electron chi connectivity index (χ0n) is 4.98. The summed E-state index contributed by atoms with van der Waals surface area (Å²) in [6, 6.07) is 0. The van der Waals surface area contributed by atoms with Crippen molar-refractivity contribution in [3.8, 4) is 0 Å². The first-order valence-corrected chi connectivity index (χ1v) is 3.17. The summed E-state index contributed by atoms with van der Waals surface area (Å²) >= 11 is 0. The van der Waals surface area contributed by atoms with E-state index in [4.69, 9.17) is 0 Å². The van der Waals surface area contributed by atoms with Crippen molar-refractivity contribution < 1.29 is 0 Å². The van der Waals surface area contributed by atoms with Gasteiger partial charge in [-0.3, -0.25) is 0 Å². The smallest absolute Gasteiger partial charge is 0.0530 e. The van der Waals surface area contributed by atoms with Crippen molar-refractivity contribution in [2.45, 2.75) is 26.2 Å². The Morgan fingerprint density at radius 1 is 1.71 bits per heavy atom. The van der Waals surface area contributed by atoms with Crippen LogP contribution in [0, 0.1) is 18.8 Å². The molecule has 42 valence electrons. The third-order valence-electron chi connectivity index (χ3n) is 1.73. The zero-order valence-corrected chi connectivity index (χ0v) is 4.98. The molecule has 7 heavy (non-hydrogen) atoms. The van der Waals surface area contributed by atoms with Crippen LogP contribution in [0.15, 0.2) is 0 Å². The van der Waals surface area contributed by atoms with Gasteiger partial charge in [-0.2, -0.15) is 5.92 Å². The number of hydrogen-bond donors (Lipinski definition) is 0. The third-order valence-corrected chi connectivity index (χ3v) is 1.73. The van der Waals surface area contributed by atoms with Gasteiger partial charge in [0.25, 0.3) is 0 Å². The van der Waals surface area contributed by atoms with E-state index < -0.39 is 0 Å². The van der Waals surface area contributed by atoms with Crippen molar-refractivity contribution in [1.29, 1.82) is 0 Å². The second kappa shape index (κ2) is 1.85. The second-order valence-electron chi connectivity index (χ2n) is 2.54. The highest BCUT2D eigenvalue weighted by Gasteiger charge is 2.24. The molecule has 0 saturated heterocycles. The highest BCUT2D eigenvalue weighted by Crippen LogP contribution is 2.40. The average Bonchev–Trinajstić information content (AvgIpc) is 2.22. The standard InChI is InChI=1S/C7H13/c1-3-4-7-5-6(7)2/h6-7H,2-5H2,1H3/q-1. The highest BCUT2D eigenvalue weighted by molar-refractivity contribution is 4.86. The molecule has 1 aliphatic carbocycles. The third kappa shape index (κ3) is 1.19. The molecule has 0 nitrogen and oxygen atoms in total. The molecule has 2 atom stereocenters. The topological polar surface area (TPSA) is 0 Å². The molecule has 0 aromatic rings. The number of rotatable bonds is 2. The molecule has 1 aliphatic rings. The van der Waals surface area contributed by atoms with E-state index in [2.05, 4.69) is 13.8 Å². The van der Waals surface area contributed by atoms with Gasteiger partial charge in [-0.1, -0.05) is 32.1 Å². The van der Waals surface area contributed by atoms with E-state index in [0.29, 0.717) is 0 Å². The van der Waals surface area contributed by atoms with Crippen LogP contribution in [0.1, 0.15) is 26.2 Å². The predicted molar refractivity (Wildman–Crippen MR) is 31.9 cm³/mol. The summed E-state index contributed by atoms with van der Waals surface area (Å²) in [6.45, 7) is 6.19. The molecule has 1 saturated carbocycles. The van der Waals surface area contributed by atoms with Gasteiger partial charge >= 0.3 is 0 Å². The molecule has 0 heterocycles. The summed E-state index contributed by atoms with van der Waals surface area (Å²) in [4.78, 5) is 0. The fourth-order valence-corrected chi connectivity index (χ4v) is 1.03. The van der Waals surface area contributed by atoms with Crippen LogP contribution in [0.3, 0.4) is 0 Å². The van der Waals surface area contributed by atoms with Crippen LogP contribution in [-0.2, 0) is 0 Å². The minimum Gasteiger partial charge on any atom is -0.340 e. The second-order valence-corrected chi connectivity index (χ2v) is 2.54. The summed E-state index contributed by atoms with van der Waals surface area (Å²) in [6.07, 6.45) is 4.15. The molecule has 0 aromatic carbocycles. The van der Waals surface area contributed by atoms with Crippen molar-refractivity contribution in [2.75, 3.05) is 0 Å². The normalized spacial score (nSPS) is 38.6. The van der Waals surface area contributed by atoms with E-state index in [1.165, 1.54) is 19.3 Å². The van der Waals surface area contributed by atoms with Crippen molar-refractivity contribution >= 4 is 0 Å². The molecule has 0 N–H and O–H groups in total. The molecule has 1 fully saturated rings. The molecule has 0 spiro atoms. The van der Waals surface area contributed by atoms with Gasteiger partial charge in [-0.05, 0) is 0 Å². The van der Waals surface area contributed by atoms with Gasteiger partial charge in [-0.15, -0.1) is 0 Å². The van der Waals surface area contributed by atoms with Crippen molar-refractivity contribution in [1.82, 2.24) is 0 Å². The Balaban J connectivity index is 1.98. The molecule has 0 radical (unpaired) electrons. The first-order valence-electron chi connectivity index (χ1n) is 3.17. The zero-order chi connectivity index (χ0) is 5.28. The lowest BCUT2D eigenvalue weighted by molar-refractivity contribution is 0.678. The molecular formula is C7H13-. The Morgan fingerprint density at radius 3 is 2.43 bits per heavy atom. The van der Waals surface area contributed by atoms with Crippen LogP contribution in [0.25, 0.3) is 0 Å². The lowest BCUT2D eigenvalue weighted by atomic mass is 10.2. The largest absolute Gasteiger partial charge is 0.340 e. The van der Waals surface area contributed by atoms with Crippen LogP contribution in [-0.4, -0.2) is 0 Å². The molecule has 2 unspecified atom stereocenters. The highest BCUT2D eigenvalue weighted by atomic mass is 14.4. The number of hydrogen-bond acceptors (Lipinski definition) is 0. The molecule has 0 aromatic heterocycles. The average molecular weight is 97.2 g/mol. The fraction of sp³-hybridized carbons (Fsp3) is 0.857. The Bertz CT molecular complexity index is 57.1. The van der Waals surface area contributed by atoms with Gasteiger partial charge < -0.3 is 6.92 Å². The summed E-state index contributed by atoms with van der Waals surface area (Å²) in [5.74, 6) is 1.82. The van der Waals surface area contributed by atoms with Crippen LogP contribution in [0.4, 0.5) is 0 Å². The first-order chi connectivity index (χ1) is 3.34. The van der Waals surface area contributed by atoms with Crippen LogP contribution >= 0.6 is 0 Å². The SMILES string of the molecule is [CH2-]C1CC1CCC. The molecule has 1 rings (SSSR count).